The van der Waals surface area contributed by atoms with Gasteiger partial charge in [0, 0.05) is 12.1 Å². The molecule has 2 heterocycles. The van der Waals surface area contributed by atoms with Crippen LogP contribution in [0.1, 0.15) is 24.0 Å². The van der Waals surface area contributed by atoms with Crippen molar-refractivity contribution in [3.8, 4) is 17.2 Å². The Kier molecular flexibility index (Phi) is 2.35. The van der Waals surface area contributed by atoms with Gasteiger partial charge in [-0.25, -0.2) is 0 Å². The van der Waals surface area contributed by atoms with Crippen molar-refractivity contribution in [2.24, 2.45) is 0 Å². The molecule has 0 aliphatic carbocycles. The molecule has 2 aliphatic rings. The van der Waals surface area contributed by atoms with E-state index < -0.39 is 0 Å². The van der Waals surface area contributed by atoms with Crippen LogP contribution in [0.4, 0.5) is 0 Å². The Morgan fingerprint density at radius 2 is 2.29 bits per heavy atom. The standard InChI is InChI=1S/C13H15NO3/c1-8-6-14-4-3-9-10(8)5-11-13(12(9)15-2)17-7-16-11/h3-5,8,14H,6-7H2,1-2H3. The number of methoxy groups -OCH3 is 1. The molecule has 0 fully saturated rings. The lowest BCUT2D eigenvalue weighted by Crippen LogP contribution is -2.12. The minimum atomic E-state index is 0.269. The normalized spacial score (nSPS) is 20.5. The molecule has 1 N–H and O–H groups in total. The molecule has 4 nitrogen and oxygen atoms in total. The van der Waals surface area contributed by atoms with E-state index in [2.05, 4.69) is 18.3 Å². The van der Waals surface area contributed by atoms with Crippen molar-refractivity contribution in [2.45, 2.75) is 12.8 Å². The molecule has 0 bridgehead atoms. The molecule has 1 atom stereocenters. The Labute approximate surface area is 100 Å². The largest absolute Gasteiger partial charge is 0.492 e. The minimum absolute atomic E-state index is 0.269. The summed E-state index contributed by atoms with van der Waals surface area (Å²) in [6.45, 7) is 3.36. The van der Waals surface area contributed by atoms with Gasteiger partial charge in [-0.1, -0.05) is 6.92 Å². The summed E-state index contributed by atoms with van der Waals surface area (Å²) >= 11 is 0. The first-order valence-corrected chi connectivity index (χ1v) is 5.71. The van der Waals surface area contributed by atoms with Crippen LogP contribution >= 0.6 is 0 Å². The van der Waals surface area contributed by atoms with Crippen molar-refractivity contribution in [3.05, 3.63) is 23.4 Å². The van der Waals surface area contributed by atoms with Crippen molar-refractivity contribution >= 4 is 6.08 Å². The van der Waals surface area contributed by atoms with E-state index in [4.69, 9.17) is 14.2 Å². The topological polar surface area (TPSA) is 39.7 Å². The van der Waals surface area contributed by atoms with Gasteiger partial charge in [0.05, 0.1) is 7.11 Å². The highest BCUT2D eigenvalue weighted by Crippen LogP contribution is 2.47. The number of hydrogen-bond donors (Lipinski definition) is 1. The van der Waals surface area contributed by atoms with Crippen LogP contribution in [0.25, 0.3) is 6.08 Å². The number of benzene rings is 1. The van der Waals surface area contributed by atoms with Crippen LogP contribution in [0, 0.1) is 0 Å². The summed E-state index contributed by atoms with van der Waals surface area (Å²) in [5, 5.41) is 3.25. The number of hydrogen-bond acceptors (Lipinski definition) is 4. The molecule has 0 radical (unpaired) electrons. The van der Waals surface area contributed by atoms with Crippen LogP contribution in [0.5, 0.6) is 17.2 Å². The first-order chi connectivity index (χ1) is 8.31. The molecule has 1 aromatic rings. The maximum atomic E-state index is 5.48. The summed E-state index contributed by atoms with van der Waals surface area (Å²) in [5.41, 5.74) is 2.31. The Hall–Kier alpha value is -1.84. The first kappa shape index (κ1) is 10.3. The van der Waals surface area contributed by atoms with E-state index in [-0.39, 0.29) is 6.79 Å². The highest BCUT2D eigenvalue weighted by Gasteiger charge is 2.26. The molecule has 0 saturated heterocycles. The molecule has 0 saturated carbocycles. The molecule has 17 heavy (non-hydrogen) atoms. The van der Waals surface area contributed by atoms with Gasteiger partial charge in [-0.05, 0) is 29.8 Å². The average Bonchev–Trinajstić information content (AvgIpc) is 2.72. The van der Waals surface area contributed by atoms with Crippen molar-refractivity contribution < 1.29 is 14.2 Å². The fraction of sp³-hybridized carbons (Fsp3) is 0.385. The molecule has 2 aliphatic heterocycles. The molecule has 90 valence electrons. The first-order valence-electron chi connectivity index (χ1n) is 5.71. The maximum absolute atomic E-state index is 5.48. The van der Waals surface area contributed by atoms with Crippen LogP contribution in [-0.2, 0) is 0 Å². The molecule has 0 amide bonds. The van der Waals surface area contributed by atoms with Gasteiger partial charge in [-0.3, -0.25) is 0 Å². The third-order valence-corrected chi connectivity index (χ3v) is 3.22. The molecular formula is C13H15NO3. The third-order valence-electron chi connectivity index (χ3n) is 3.22. The van der Waals surface area contributed by atoms with E-state index in [9.17, 15) is 0 Å². The maximum Gasteiger partial charge on any atom is 0.231 e. The highest BCUT2D eigenvalue weighted by atomic mass is 16.7. The van der Waals surface area contributed by atoms with Gasteiger partial charge in [-0.15, -0.1) is 0 Å². The summed E-state index contributed by atoms with van der Waals surface area (Å²) in [4.78, 5) is 0. The Bertz CT molecular complexity index is 482. The molecule has 3 rings (SSSR count). The highest BCUT2D eigenvalue weighted by molar-refractivity contribution is 5.71. The summed E-state index contributed by atoms with van der Waals surface area (Å²) in [7, 11) is 1.66. The Balaban J connectivity index is 2.25. The SMILES string of the molecule is COc1c2c(cc3c1OCO3)C(C)CNC=C2. The van der Waals surface area contributed by atoms with Crippen LogP contribution < -0.4 is 19.5 Å². The Morgan fingerprint density at radius 3 is 3.12 bits per heavy atom. The molecule has 1 unspecified atom stereocenters. The quantitative estimate of drug-likeness (QED) is 0.806. The molecule has 4 heteroatoms. The van der Waals surface area contributed by atoms with Gasteiger partial charge in [0.15, 0.2) is 11.5 Å². The minimum Gasteiger partial charge on any atom is -0.492 e. The van der Waals surface area contributed by atoms with Crippen LogP contribution in [-0.4, -0.2) is 20.4 Å². The monoisotopic (exact) mass is 233 g/mol. The summed E-state index contributed by atoms with van der Waals surface area (Å²) in [6, 6.07) is 2.06. The third kappa shape index (κ3) is 1.52. The number of rotatable bonds is 1. The van der Waals surface area contributed by atoms with Gasteiger partial charge >= 0.3 is 0 Å². The van der Waals surface area contributed by atoms with E-state index in [0.29, 0.717) is 11.7 Å². The van der Waals surface area contributed by atoms with Crippen LogP contribution in [0.15, 0.2) is 12.3 Å². The van der Waals surface area contributed by atoms with Crippen molar-refractivity contribution in [3.63, 3.8) is 0 Å². The van der Waals surface area contributed by atoms with E-state index >= 15 is 0 Å². The second-order valence-corrected chi connectivity index (χ2v) is 4.29. The van der Waals surface area contributed by atoms with Crippen LogP contribution in [0.3, 0.4) is 0 Å². The van der Waals surface area contributed by atoms with Gasteiger partial charge in [0.25, 0.3) is 0 Å². The zero-order chi connectivity index (χ0) is 11.8. The number of nitrogens with one attached hydrogen (secondary N) is 1. The molecule has 1 aromatic carbocycles. The fourth-order valence-electron chi connectivity index (χ4n) is 2.32. The zero-order valence-corrected chi connectivity index (χ0v) is 9.95. The van der Waals surface area contributed by atoms with E-state index in [0.717, 1.165) is 23.6 Å². The van der Waals surface area contributed by atoms with Crippen LogP contribution in [0.2, 0.25) is 0 Å². The van der Waals surface area contributed by atoms with E-state index in [1.165, 1.54) is 5.56 Å². The number of ether oxygens (including phenoxy) is 3. The zero-order valence-electron chi connectivity index (χ0n) is 9.95. The van der Waals surface area contributed by atoms with Crippen molar-refractivity contribution in [2.75, 3.05) is 20.4 Å². The van der Waals surface area contributed by atoms with Gasteiger partial charge in [0.1, 0.15) is 0 Å². The predicted octanol–water partition coefficient (Wildman–Crippen LogP) is 2.10. The summed E-state index contributed by atoms with van der Waals surface area (Å²) < 4.78 is 16.4. The van der Waals surface area contributed by atoms with Gasteiger partial charge in [-0.2, -0.15) is 0 Å². The lowest BCUT2D eigenvalue weighted by molar-refractivity contribution is 0.171. The number of fused-ring (bicyclic) bond motifs is 2. The molecular weight excluding hydrogens is 218 g/mol. The van der Waals surface area contributed by atoms with Gasteiger partial charge < -0.3 is 19.5 Å². The van der Waals surface area contributed by atoms with E-state index in [1.807, 2.05) is 12.3 Å². The van der Waals surface area contributed by atoms with Crippen molar-refractivity contribution in [1.29, 1.82) is 0 Å². The molecule has 0 spiro atoms. The Morgan fingerprint density at radius 1 is 1.41 bits per heavy atom. The summed E-state index contributed by atoms with van der Waals surface area (Å²) in [6.07, 6.45) is 3.98. The van der Waals surface area contributed by atoms with Gasteiger partial charge in [0.2, 0.25) is 12.5 Å². The lowest BCUT2D eigenvalue weighted by atomic mass is 9.95. The lowest BCUT2D eigenvalue weighted by Gasteiger charge is -2.16. The smallest absolute Gasteiger partial charge is 0.231 e. The predicted molar refractivity (Wildman–Crippen MR) is 64.6 cm³/mol. The fourth-order valence-corrected chi connectivity index (χ4v) is 2.32. The second kappa shape index (κ2) is 3.87. The average molecular weight is 233 g/mol. The second-order valence-electron chi connectivity index (χ2n) is 4.29. The molecule has 0 aromatic heterocycles. The summed E-state index contributed by atoms with van der Waals surface area (Å²) in [5.74, 6) is 2.66. The van der Waals surface area contributed by atoms with Crippen molar-refractivity contribution in [1.82, 2.24) is 5.32 Å². The van der Waals surface area contributed by atoms with E-state index in [1.54, 1.807) is 7.11 Å².